The Bertz CT molecular complexity index is 5470. The fourth-order valence-corrected chi connectivity index (χ4v) is 12.0. The highest BCUT2D eigenvalue weighted by atomic mass is 16.5. The maximum atomic E-state index is 13.5. The summed E-state index contributed by atoms with van der Waals surface area (Å²) in [5.74, 6) is -0.250. The predicted octanol–water partition coefficient (Wildman–Crippen LogP) is 18.7. The average molecular weight is 1340 g/mol. The molecule has 0 radical (unpaired) electrons. The van der Waals surface area contributed by atoms with Gasteiger partial charge in [-0.2, -0.15) is 0 Å². The number of nitrogens with zero attached hydrogens (tertiary/aromatic N) is 4. The van der Waals surface area contributed by atoms with Gasteiger partial charge in [0.05, 0.1) is 34.2 Å². The Morgan fingerprint density at radius 1 is 0.363 bits per heavy atom. The monoisotopic (exact) mass is 1340 g/mol. The van der Waals surface area contributed by atoms with Crippen molar-refractivity contribution in [3.63, 3.8) is 0 Å². The highest BCUT2D eigenvalue weighted by molar-refractivity contribution is 6.08. The summed E-state index contributed by atoms with van der Waals surface area (Å²) in [6, 6.07) is 91.9. The minimum absolute atomic E-state index is 0. The number of carbonyl (C=O) groups excluding carboxylic acids is 4. The van der Waals surface area contributed by atoms with Gasteiger partial charge in [-0.1, -0.05) is 171 Å². The van der Waals surface area contributed by atoms with E-state index in [0.717, 1.165) is 66.3 Å². The van der Waals surface area contributed by atoms with Crippen LogP contribution in [0.1, 0.15) is 76.7 Å². The standard InChI is InChI=1S/C46H35N5O3.C39H29N5O3.CH4/c52-45(32-22-24-38(25-23-32)54-30-31-12-3-1-4-13-31)49-42-21-10-8-19-40(42)43-28-35(27-36-29-47-41-20-9-7-18-39(36)41)44(51-50-43)33-14-11-15-34(26-33)46(53)48-37-16-5-2-6-17-37;45-31-19-17-25(18-20-31)38(46)42-35-16-7-5-14-33(35)36-23-28(22-29-24-40-34-15-6-4-13-32(29)34)37(44-43-36)26-9-8-10-27(21-26)39(47)41-30-11-2-1-3-12-30;/h1-26,28-29,47H,27,30H2,(H,48,53)(H,49,52);1-21,23-24,40,45H,22H2,(H,41,47)(H,42,46);1H4. The summed E-state index contributed by atoms with van der Waals surface area (Å²) in [6.07, 6.45) is 5.12. The minimum atomic E-state index is -0.313. The molecule has 0 spiro atoms. The molecule has 4 amide bonds. The summed E-state index contributed by atoms with van der Waals surface area (Å²) < 4.78 is 5.91. The van der Waals surface area contributed by atoms with Crippen molar-refractivity contribution in [2.24, 2.45) is 0 Å². The number of carbonyl (C=O) groups is 4. The third-order valence-corrected chi connectivity index (χ3v) is 17.1. The van der Waals surface area contributed by atoms with E-state index >= 15 is 0 Å². The molecule has 0 aliphatic rings. The second-order valence-electron chi connectivity index (χ2n) is 23.9. The molecule has 16 nitrogen and oxygen atoms in total. The average Bonchev–Trinajstić information content (AvgIpc) is 1.17. The van der Waals surface area contributed by atoms with Crippen LogP contribution in [0.15, 0.2) is 310 Å². The lowest BCUT2D eigenvalue weighted by molar-refractivity contribution is 0.101. The van der Waals surface area contributed by atoms with Crippen LogP contribution in [0.4, 0.5) is 22.7 Å². The van der Waals surface area contributed by atoms with Gasteiger partial charge in [0.15, 0.2) is 0 Å². The van der Waals surface area contributed by atoms with E-state index in [1.165, 1.54) is 12.1 Å². The summed E-state index contributed by atoms with van der Waals surface area (Å²) in [7, 11) is 0. The Morgan fingerprint density at radius 2 is 0.765 bits per heavy atom. The molecule has 16 heteroatoms. The molecule has 0 unspecified atom stereocenters. The lowest BCUT2D eigenvalue weighted by atomic mass is 9.96. The molecular weight excluding hydrogens is 1270 g/mol. The molecule has 0 aliphatic carbocycles. The van der Waals surface area contributed by atoms with E-state index in [9.17, 15) is 24.3 Å². The van der Waals surface area contributed by atoms with E-state index in [4.69, 9.17) is 20.0 Å². The van der Waals surface area contributed by atoms with Crippen LogP contribution in [0.5, 0.6) is 11.5 Å². The SMILES string of the molecule is C.O=C(Nc1ccccc1)c1cccc(-c2nnc(-c3ccccc3NC(=O)c3ccc(O)cc3)cc2Cc2c[nH]c3ccccc23)c1.O=C(Nc1ccccc1)c1cccc(-c2nnc(-c3ccccc3NC(=O)c3ccc(OCc4ccccc4)cc3)cc2Cc2c[nH]c3ccccc23)c1. The number of fused-ring (bicyclic) bond motifs is 2. The Hall–Kier alpha value is -13.9. The van der Waals surface area contributed by atoms with E-state index in [2.05, 4.69) is 54.5 Å². The summed E-state index contributed by atoms with van der Waals surface area (Å²) >= 11 is 0. The Labute approximate surface area is 588 Å². The van der Waals surface area contributed by atoms with E-state index in [-0.39, 0.29) is 36.8 Å². The van der Waals surface area contributed by atoms with Gasteiger partial charge in [-0.3, -0.25) is 19.2 Å². The van der Waals surface area contributed by atoms with E-state index in [0.29, 0.717) is 98.5 Å². The van der Waals surface area contributed by atoms with E-state index < -0.39 is 0 Å². The van der Waals surface area contributed by atoms with Crippen molar-refractivity contribution in [2.45, 2.75) is 26.9 Å². The fraction of sp³-hybridized carbons (Fsp3) is 0.0465. The number of H-pyrrole nitrogens is 2. The zero-order chi connectivity index (χ0) is 68.9. The van der Waals surface area contributed by atoms with Crippen molar-refractivity contribution >= 4 is 68.2 Å². The van der Waals surface area contributed by atoms with Gasteiger partial charge in [0.25, 0.3) is 23.6 Å². The number of aromatic amines is 2. The van der Waals surface area contributed by atoms with Crippen molar-refractivity contribution in [1.29, 1.82) is 0 Å². The number of nitrogens with one attached hydrogen (secondary N) is 6. The molecule has 11 aromatic carbocycles. The highest BCUT2D eigenvalue weighted by Crippen LogP contribution is 2.36. The molecule has 0 saturated carbocycles. The molecule has 7 N–H and O–H groups in total. The zero-order valence-electron chi connectivity index (χ0n) is 54.3. The topological polar surface area (TPSA) is 229 Å². The van der Waals surface area contributed by atoms with E-state index in [1.807, 2.05) is 231 Å². The van der Waals surface area contributed by atoms with Crippen molar-refractivity contribution in [3.8, 4) is 56.5 Å². The van der Waals surface area contributed by atoms with Crippen LogP contribution >= 0.6 is 0 Å². The van der Waals surface area contributed by atoms with Crippen LogP contribution in [-0.2, 0) is 19.4 Å². The first-order valence-electron chi connectivity index (χ1n) is 32.7. The quantitative estimate of drug-likeness (QED) is 0.0405. The Kier molecular flexibility index (Phi) is 20.4. The van der Waals surface area contributed by atoms with Gasteiger partial charge in [0, 0.05) is 103 Å². The van der Waals surface area contributed by atoms with Crippen molar-refractivity contribution in [1.82, 2.24) is 30.4 Å². The van der Waals surface area contributed by atoms with Crippen LogP contribution in [0.25, 0.3) is 66.8 Å². The summed E-state index contributed by atoms with van der Waals surface area (Å²) in [6.45, 7) is 0.441. The number of phenols is 1. The molecule has 0 fully saturated rings. The van der Waals surface area contributed by atoms with Gasteiger partial charge in [-0.15, -0.1) is 20.4 Å². The van der Waals surface area contributed by atoms with Crippen molar-refractivity contribution in [3.05, 3.63) is 360 Å². The first kappa shape index (κ1) is 66.7. The molecule has 102 heavy (non-hydrogen) atoms. The van der Waals surface area contributed by atoms with Gasteiger partial charge < -0.3 is 41.1 Å². The number of amides is 4. The third kappa shape index (κ3) is 15.7. The van der Waals surface area contributed by atoms with Crippen molar-refractivity contribution < 1.29 is 29.0 Å². The summed E-state index contributed by atoms with van der Waals surface area (Å²) in [5, 5.41) is 42.7. The summed E-state index contributed by atoms with van der Waals surface area (Å²) in [5.41, 5.74) is 17.1. The number of para-hydroxylation sites is 6. The first-order valence-corrected chi connectivity index (χ1v) is 32.7. The van der Waals surface area contributed by atoms with Crippen LogP contribution < -0.4 is 26.0 Å². The molecule has 0 bridgehead atoms. The maximum absolute atomic E-state index is 13.5. The molecule has 498 valence electrons. The van der Waals surface area contributed by atoms with Gasteiger partial charge in [0.2, 0.25) is 0 Å². The fourth-order valence-electron chi connectivity index (χ4n) is 12.0. The number of ether oxygens (including phenoxy) is 1. The molecule has 0 aliphatic heterocycles. The minimum Gasteiger partial charge on any atom is -0.508 e. The zero-order valence-corrected chi connectivity index (χ0v) is 54.3. The third-order valence-electron chi connectivity index (χ3n) is 17.1. The number of phenolic OH excluding ortho intramolecular Hbond substituents is 1. The van der Waals surface area contributed by atoms with Crippen LogP contribution in [0, 0.1) is 0 Å². The molecule has 4 aromatic heterocycles. The normalized spacial score (nSPS) is 10.8. The second kappa shape index (κ2) is 31.1. The predicted molar refractivity (Wildman–Crippen MR) is 405 cm³/mol. The van der Waals surface area contributed by atoms with Crippen LogP contribution in [0.3, 0.4) is 0 Å². The highest BCUT2D eigenvalue weighted by Gasteiger charge is 2.21. The van der Waals surface area contributed by atoms with Gasteiger partial charge in [0.1, 0.15) is 18.1 Å². The number of aromatic hydroxyl groups is 1. The molecule has 0 saturated heterocycles. The largest absolute Gasteiger partial charge is 0.508 e. The first-order chi connectivity index (χ1) is 49.6. The number of hydrogen-bond acceptors (Lipinski definition) is 10. The number of hydrogen-bond donors (Lipinski definition) is 7. The number of benzene rings is 11. The lowest BCUT2D eigenvalue weighted by Crippen LogP contribution is -2.13. The summed E-state index contributed by atoms with van der Waals surface area (Å²) in [4.78, 5) is 59.8. The van der Waals surface area contributed by atoms with Gasteiger partial charge >= 0.3 is 0 Å². The molecule has 4 heterocycles. The maximum Gasteiger partial charge on any atom is 0.255 e. The Morgan fingerprint density at radius 3 is 1.24 bits per heavy atom. The van der Waals surface area contributed by atoms with Gasteiger partial charge in [-0.05, 0) is 161 Å². The van der Waals surface area contributed by atoms with Crippen LogP contribution in [0.2, 0.25) is 0 Å². The lowest BCUT2D eigenvalue weighted by Gasteiger charge is -2.14. The van der Waals surface area contributed by atoms with Gasteiger partial charge in [-0.25, -0.2) is 0 Å². The van der Waals surface area contributed by atoms with Crippen molar-refractivity contribution in [2.75, 3.05) is 21.3 Å². The molecule has 15 aromatic rings. The number of aromatic nitrogens is 6. The number of anilines is 4. The van der Waals surface area contributed by atoms with E-state index in [1.54, 1.807) is 48.5 Å². The molecular formula is C86H68N10O6. The second-order valence-corrected chi connectivity index (χ2v) is 23.9. The molecule has 15 rings (SSSR count). The molecule has 0 atom stereocenters. The smallest absolute Gasteiger partial charge is 0.255 e. The van der Waals surface area contributed by atoms with Crippen LogP contribution in [-0.4, -0.2) is 59.1 Å². The Balaban J connectivity index is 0.000000182. The number of rotatable bonds is 19.